The Labute approximate surface area is 105 Å². The number of carbonyl (C=O) groups excluding carboxylic acids is 3. The summed E-state index contributed by atoms with van der Waals surface area (Å²) in [7, 11) is 0. The fourth-order valence-electron chi connectivity index (χ4n) is 2.16. The number of amides is 1. The van der Waals surface area contributed by atoms with Gasteiger partial charge < -0.3 is 9.73 Å². The van der Waals surface area contributed by atoms with E-state index in [2.05, 4.69) is 5.32 Å². The van der Waals surface area contributed by atoms with Crippen LogP contribution in [0.15, 0.2) is 10.5 Å². The zero-order valence-corrected chi connectivity index (χ0v) is 10.2. The minimum atomic E-state index is -0.724. The normalized spacial score (nSPS) is 15.6. The van der Waals surface area contributed by atoms with E-state index in [1.807, 2.05) is 0 Å². The van der Waals surface area contributed by atoms with Crippen LogP contribution in [0.4, 0.5) is 0 Å². The zero-order chi connectivity index (χ0) is 13.1. The van der Waals surface area contributed by atoms with Crippen LogP contribution in [0.3, 0.4) is 0 Å². The maximum Gasteiger partial charge on any atom is 0.295 e. The summed E-state index contributed by atoms with van der Waals surface area (Å²) in [5.41, 5.74) is 0.298. The number of carbonyl (C=O) groups is 3. The molecule has 0 aromatic carbocycles. The van der Waals surface area contributed by atoms with Gasteiger partial charge in [0.25, 0.3) is 11.7 Å². The smallest absolute Gasteiger partial charge is 0.295 e. The summed E-state index contributed by atoms with van der Waals surface area (Å²) in [6.07, 6.45) is 4.58. The van der Waals surface area contributed by atoms with Crippen LogP contribution < -0.4 is 5.32 Å². The van der Waals surface area contributed by atoms with Crippen molar-refractivity contribution in [2.24, 2.45) is 0 Å². The van der Waals surface area contributed by atoms with Crippen LogP contribution >= 0.6 is 0 Å². The average molecular weight is 249 g/mol. The lowest BCUT2D eigenvalue weighted by Gasteiger charge is -2.09. The zero-order valence-electron chi connectivity index (χ0n) is 10.2. The van der Waals surface area contributed by atoms with Crippen LogP contribution in [0.2, 0.25) is 0 Å². The third-order valence-electron chi connectivity index (χ3n) is 3.20. The third kappa shape index (κ3) is 2.50. The van der Waals surface area contributed by atoms with Crippen LogP contribution in [-0.4, -0.2) is 24.0 Å². The number of hydrogen-bond acceptors (Lipinski definition) is 4. The summed E-state index contributed by atoms with van der Waals surface area (Å²) >= 11 is 0. The fraction of sp³-hybridized carbons (Fsp3) is 0.462. The molecule has 0 bridgehead atoms. The highest BCUT2D eigenvalue weighted by Gasteiger charge is 2.25. The van der Waals surface area contributed by atoms with Gasteiger partial charge in [0.2, 0.25) is 0 Å². The summed E-state index contributed by atoms with van der Waals surface area (Å²) in [4.78, 5) is 34.1. The molecule has 1 N–H and O–H groups in total. The Morgan fingerprint density at radius 2 is 2.06 bits per heavy atom. The van der Waals surface area contributed by atoms with Crippen molar-refractivity contribution in [2.45, 2.75) is 38.6 Å². The van der Waals surface area contributed by atoms with E-state index in [0.717, 1.165) is 25.7 Å². The van der Waals surface area contributed by atoms with Crippen molar-refractivity contribution in [1.29, 1.82) is 0 Å². The first-order valence-corrected chi connectivity index (χ1v) is 6.02. The van der Waals surface area contributed by atoms with E-state index in [-0.39, 0.29) is 11.8 Å². The molecule has 1 aromatic heterocycles. The Balaban J connectivity index is 2.05. The molecular formula is C13H15NO4. The van der Waals surface area contributed by atoms with Crippen LogP contribution in [0, 0.1) is 6.92 Å². The molecule has 0 radical (unpaired) electrons. The first kappa shape index (κ1) is 12.5. The van der Waals surface area contributed by atoms with Gasteiger partial charge in [-0.3, -0.25) is 14.4 Å². The van der Waals surface area contributed by atoms with E-state index < -0.39 is 11.7 Å². The van der Waals surface area contributed by atoms with Gasteiger partial charge >= 0.3 is 0 Å². The largest absolute Gasteiger partial charge is 0.457 e. The number of aldehydes is 1. The van der Waals surface area contributed by atoms with Gasteiger partial charge in [0.1, 0.15) is 5.76 Å². The lowest BCUT2D eigenvalue weighted by atomic mass is 10.2. The predicted molar refractivity (Wildman–Crippen MR) is 63.6 cm³/mol. The van der Waals surface area contributed by atoms with Gasteiger partial charge in [-0.05, 0) is 25.8 Å². The van der Waals surface area contributed by atoms with Crippen molar-refractivity contribution in [3.63, 3.8) is 0 Å². The molecule has 1 fully saturated rings. The quantitative estimate of drug-likeness (QED) is 0.500. The number of hydrogen-bond donors (Lipinski definition) is 1. The van der Waals surface area contributed by atoms with Gasteiger partial charge in [0.15, 0.2) is 12.0 Å². The second-order valence-electron chi connectivity index (χ2n) is 4.52. The third-order valence-corrected chi connectivity index (χ3v) is 3.20. The highest BCUT2D eigenvalue weighted by molar-refractivity contribution is 6.42. The van der Waals surface area contributed by atoms with Crippen LogP contribution in [0.1, 0.15) is 52.4 Å². The maximum absolute atomic E-state index is 11.8. The van der Waals surface area contributed by atoms with Crippen molar-refractivity contribution >= 4 is 18.0 Å². The SMILES string of the molecule is Cc1oc(C(=O)C(=O)NC2CCCC2)cc1C=O. The molecule has 0 saturated heterocycles. The molecule has 0 atom stereocenters. The molecule has 0 aliphatic heterocycles. The summed E-state index contributed by atoms with van der Waals surface area (Å²) in [6.45, 7) is 1.58. The lowest BCUT2D eigenvalue weighted by molar-refractivity contribution is -0.117. The van der Waals surface area contributed by atoms with Gasteiger partial charge in [0.05, 0.1) is 5.56 Å². The molecule has 1 aliphatic rings. The molecule has 1 aromatic rings. The molecule has 0 spiro atoms. The number of ketones is 1. The molecule has 0 unspecified atom stereocenters. The van der Waals surface area contributed by atoms with Crippen LogP contribution in [0.5, 0.6) is 0 Å². The Morgan fingerprint density at radius 1 is 1.39 bits per heavy atom. The molecule has 2 rings (SSSR count). The summed E-state index contributed by atoms with van der Waals surface area (Å²) in [6, 6.07) is 1.39. The molecule has 18 heavy (non-hydrogen) atoms. The second kappa shape index (κ2) is 5.16. The van der Waals surface area contributed by atoms with Crippen molar-refractivity contribution in [3.8, 4) is 0 Å². The van der Waals surface area contributed by atoms with Crippen molar-refractivity contribution in [3.05, 3.63) is 23.2 Å². The van der Waals surface area contributed by atoms with Crippen LogP contribution in [-0.2, 0) is 4.79 Å². The predicted octanol–water partition coefficient (Wildman–Crippen LogP) is 1.64. The van der Waals surface area contributed by atoms with E-state index in [1.165, 1.54) is 6.07 Å². The average Bonchev–Trinajstić information content (AvgIpc) is 2.97. The monoisotopic (exact) mass is 249 g/mol. The topological polar surface area (TPSA) is 76.4 Å². The van der Waals surface area contributed by atoms with Gasteiger partial charge in [-0.25, -0.2) is 0 Å². The molecule has 1 heterocycles. The van der Waals surface area contributed by atoms with E-state index in [1.54, 1.807) is 6.92 Å². The highest BCUT2D eigenvalue weighted by Crippen LogP contribution is 2.18. The lowest BCUT2D eigenvalue weighted by Crippen LogP contribution is -2.37. The number of nitrogens with one attached hydrogen (secondary N) is 1. The summed E-state index contributed by atoms with van der Waals surface area (Å²) in [5.74, 6) is -1.11. The Hall–Kier alpha value is -1.91. The van der Waals surface area contributed by atoms with E-state index in [9.17, 15) is 14.4 Å². The van der Waals surface area contributed by atoms with E-state index in [0.29, 0.717) is 17.6 Å². The van der Waals surface area contributed by atoms with E-state index >= 15 is 0 Å². The van der Waals surface area contributed by atoms with Crippen molar-refractivity contribution in [2.75, 3.05) is 0 Å². The Bertz CT molecular complexity index is 483. The molecule has 1 aliphatic carbocycles. The van der Waals surface area contributed by atoms with Crippen molar-refractivity contribution in [1.82, 2.24) is 5.32 Å². The number of rotatable bonds is 4. The second-order valence-corrected chi connectivity index (χ2v) is 4.52. The van der Waals surface area contributed by atoms with E-state index in [4.69, 9.17) is 4.42 Å². The Morgan fingerprint density at radius 3 is 2.61 bits per heavy atom. The summed E-state index contributed by atoms with van der Waals surface area (Å²) in [5, 5.41) is 2.69. The molecule has 96 valence electrons. The van der Waals surface area contributed by atoms with Gasteiger partial charge in [-0.2, -0.15) is 0 Å². The minimum Gasteiger partial charge on any atom is -0.457 e. The van der Waals surface area contributed by atoms with Gasteiger partial charge in [0, 0.05) is 6.04 Å². The molecular weight excluding hydrogens is 234 g/mol. The Kier molecular flexibility index (Phi) is 3.60. The first-order valence-electron chi connectivity index (χ1n) is 6.02. The maximum atomic E-state index is 11.8. The summed E-state index contributed by atoms with van der Waals surface area (Å²) < 4.78 is 5.11. The molecule has 1 saturated carbocycles. The molecule has 5 nitrogen and oxygen atoms in total. The number of aryl methyl sites for hydroxylation is 1. The molecule has 1 amide bonds. The first-order chi connectivity index (χ1) is 8.61. The fourth-order valence-corrected chi connectivity index (χ4v) is 2.16. The minimum absolute atomic E-state index is 0.0786. The van der Waals surface area contributed by atoms with Gasteiger partial charge in [-0.1, -0.05) is 12.8 Å². The number of Topliss-reactive ketones (excluding diaryl/α,β-unsaturated/α-hetero) is 1. The van der Waals surface area contributed by atoms with Crippen molar-refractivity contribution < 1.29 is 18.8 Å². The highest BCUT2D eigenvalue weighted by atomic mass is 16.3. The molecule has 5 heteroatoms. The standard InChI is InChI=1S/C13H15NO4/c1-8-9(7-15)6-11(18-8)12(16)13(17)14-10-4-2-3-5-10/h6-7,10H,2-5H2,1H3,(H,14,17). The number of furan rings is 1. The van der Waals surface area contributed by atoms with Crippen LogP contribution in [0.25, 0.3) is 0 Å². The van der Waals surface area contributed by atoms with Gasteiger partial charge in [-0.15, -0.1) is 0 Å².